The van der Waals surface area contributed by atoms with Gasteiger partial charge in [0.15, 0.2) is 17.3 Å². The molecule has 0 unspecified atom stereocenters. The molecule has 0 spiro atoms. The number of anilines is 2. The number of aromatic nitrogens is 1. The minimum atomic E-state index is -0.315. The second-order valence-electron chi connectivity index (χ2n) is 4.07. The van der Waals surface area contributed by atoms with Crippen molar-refractivity contribution in [1.29, 1.82) is 0 Å². The van der Waals surface area contributed by atoms with Crippen molar-refractivity contribution < 1.29 is 14.3 Å². The smallest absolute Gasteiger partial charge is 0.259 e. The minimum Gasteiger partial charge on any atom is -0.454 e. The van der Waals surface area contributed by atoms with Crippen molar-refractivity contribution in [3.05, 3.63) is 42.1 Å². The summed E-state index contributed by atoms with van der Waals surface area (Å²) in [5, 5.41) is 2.75. The number of hydrazine groups is 1. The first-order valence-corrected chi connectivity index (χ1v) is 5.90. The Morgan fingerprint density at radius 2 is 2.10 bits per heavy atom. The van der Waals surface area contributed by atoms with Crippen LogP contribution in [0.5, 0.6) is 11.5 Å². The highest BCUT2D eigenvalue weighted by atomic mass is 16.7. The number of nitrogen functional groups attached to an aromatic ring is 1. The van der Waals surface area contributed by atoms with Gasteiger partial charge in [-0.2, -0.15) is 0 Å². The zero-order chi connectivity index (χ0) is 13.9. The van der Waals surface area contributed by atoms with E-state index in [9.17, 15) is 4.79 Å². The van der Waals surface area contributed by atoms with Crippen LogP contribution in [0.25, 0.3) is 0 Å². The molecule has 0 radical (unpaired) electrons. The van der Waals surface area contributed by atoms with Crippen LogP contribution in [0.2, 0.25) is 0 Å². The lowest BCUT2D eigenvalue weighted by Crippen LogP contribution is -2.18. The second-order valence-corrected chi connectivity index (χ2v) is 4.07. The van der Waals surface area contributed by atoms with Crippen LogP contribution in [0.15, 0.2) is 36.5 Å². The molecule has 1 aliphatic rings. The average Bonchev–Trinajstić information content (AvgIpc) is 2.94. The first-order chi connectivity index (χ1) is 9.78. The lowest BCUT2D eigenvalue weighted by atomic mass is 10.2. The lowest BCUT2D eigenvalue weighted by molar-refractivity contribution is 0.102. The van der Waals surface area contributed by atoms with Gasteiger partial charge < -0.3 is 20.2 Å². The number of carbonyl (C=O) groups is 1. The zero-order valence-electron chi connectivity index (χ0n) is 10.4. The molecule has 1 aromatic heterocycles. The van der Waals surface area contributed by atoms with Crippen molar-refractivity contribution in [2.75, 3.05) is 17.5 Å². The van der Waals surface area contributed by atoms with Crippen LogP contribution in [0, 0.1) is 0 Å². The van der Waals surface area contributed by atoms with E-state index in [1.807, 2.05) is 0 Å². The number of nitrogens with two attached hydrogens (primary N) is 1. The Kier molecular flexibility index (Phi) is 3.10. The maximum absolute atomic E-state index is 12.2. The number of hydrogen-bond acceptors (Lipinski definition) is 6. The van der Waals surface area contributed by atoms with Crippen LogP contribution in [0.1, 0.15) is 10.4 Å². The molecule has 0 atom stereocenters. The summed E-state index contributed by atoms with van der Waals surface area (Å²) in [6.45, 7) is 0.191. The highest BCUT2D eigenvalue weighted by molar-refractivity contribution is 6.07. The molecular formula is C13H12N4O3. The average molecular weight is 272 g/mol. The van der Waals surface area contributed by atoms with Crippen LogP contribution in [-0.2, 0) is 0 Å². The molecule has 4 N–H and O–H groups in total. The predicted molar refractivity (Wildman–Crippen MR) is 72.6 cm³/mol. The van der Waals surface area contributed by atoms with Crippen molar-refractivity contribution >= 4 is 17.4 Å². The number of benzene rings is 1. The normalized spacial score (nSPS) is 12.1. The monoisotopic (exact) mass is 272 g/mol. The second kappa shape index (κ2) is 5.06. The molecule has 0 saturated carbocycles. The number of ether oxygens (including phenoxy) is 2. The highest BCUT2D eigenvalue weighted by Gasteiger charge is 2.16. The van der Waals surface area contributed by atoms with E-state index in [2.05, 4.69) is 15.7 Å². The number of carbonyl (C=O) groups excluding carboxylic acids is 1. The van der Waals surface area contributed by atoms with Gasteiger partial charge in [0, 0.05) is 18.0 Å². The summed E-state index contributed by atoms with van der Waals surface area (Å²) in [4.78, 5) is 16.2. The highest BCUT2D eigenvalue weighted by Crippen LogP contribution is 2.34. The fraction of sp³-hybridized carbons (Fsp3) is 0.0769. The van der Waals surface area contributed by atoms with Gasteiger partial charge in [0.25, 0.3) is 5.91 Å². The Hall–Kier alpha value is -2.80. The van der Waals surface area contributed by atoms with Gasteiger partial charge in [-0.05, 0) is 24.3 Å². The van der Waals surface area contributed by atoms with Crippen LogP contribution < -0.4 is 26.1 Å². The summed E-state index contributed by atoms with van der Waals surface area (Å²) in [5.74, 6) is 6.59. The van der Waals surface area contributed by atoms with Crippen molar-refractivity contribution in [3.8, 4) is 11.5 Å². The molecule has 7 nitrogen and oxygen atoms in total. The van der Waals surface area contributed by atoms with Gasteiger partial charge >= 0.3 is 0 Å². The van der Waals surface area contributed by atoms with Crippen LogP contribution >= 0.6 is 0 Å². The minimum absolute atomic E-state index is 0.191. The molecule has 102 valence electrons. The summed E-state index contributed by atoms with van der Waals surface area (Å²) in [7, 11) is 0. The molecule has 0 bridgehead atoms. The Morgan fingerprint density at radius 1 is 1.25 bits per heavy atom. The summed E-state index contributed by atoms with van der Waals surface area (Å²) < 4.78 is 10.5. The predicted octanol–water partition coefficient (Wildman–Crippen LogP) is 1.35. The number of nitrogens with one attached hydrogen (secondary N) is 2. The Labute approximate surface area is 114 Å². The summed E-state index contributed by atoms with van der Waals surface area (Å²) >= 11 is 0. The third-order valence-electron chi connectivity index (χ3n) is 2.82. The molecule has 0 saturated heterocycles. The standard InChI is InChI=1S/C13H12N4O3/c14-17-12-9(2-1-5-15-12)13(18)16-8-3-4-10-11(6-8)20-7-19-10/h1-6H,7,14H2,(H,15,17)(H,16,18). The third-order valence-corrected chi connectivity index (χ3v) is 2.82. The quantitative estimate of drug-likeness (QED) is 0.576. The number of hydrogen-bond donors (Lipinski definition) is 3. The molecule has 1 aromatic carbocycles. The summed E-state index contributed by atoms with van der Waals surface area (Å²) in [5.41, 5.74) is 3.34. The molecule has 0 fully saturated rings. The van der Waals surface area contributed by atoms with Gasteiger partial charge in [0.05, 0.1) is 5.56 Å². The Bertz CT molecular complexity index is 660. The first-order valence-electron chi connectivity index (χ1n) is 5.90. The van der Waals surface area contributed by atoms with E-state index >= 15 is 0 Å². The Balaban J connectivity index is 1.82. The molecule has 2 heterocycles. The molecule has 1 amide bonds. The van der Waals surface area contributed by atoms with E-state index in [-0.39, 0.29) is 12.7 Å². The Morgan fingerprint density at radius 3 is 2.95 bits per heavy atom. The van der Waals surface area contributed by atoms with Crippen molar-refractivity contribution in [1.82, 2.24) is 4.98 Å². The van der Waals surface area contributed by atoms with Gasteiger partial charge in [0.2, 0.25) is 6.79 Å². The molecule has 0 aliphatic carbocycles. The molecule has 20 heavy (non-hydrogen) atoms. The maximum atomic E-state index is 12.2. The van der Waals surface area contributed by atoms with E-state index in [4.69, 9.17) is 15.3 Å². The van der Waals surface area contributed by atoms with Gasteiger partial charge in [-0.1, -0.05) is 0 Å². The number of rotatable bonds is 3. The van der Waals surface area contributed by atoms with Crippen molar-refractivity contribution in [2.45, 2.75) is 0 Å². The van der Waals surface area contributed by atoms with Crippen molar-refractivity contribution in [3.63, 3.8) is 0 Å². The van der Waals surface area contributed by atoms with E-state index < -0.39 is 0 Å². The fourth-order valence-electron chi connectivity index (χ4n) is 1.88. The number of amides is 1. The summed E-state index contributed by atoms with van der Waals surface area (Å²) in [6, 6.07) is 8.46. The van der Waals surface area contributed by atoms with Crippen molar-refractivity contribution in [2.24, 2.45) is 5.84 Å². The number of pyridine rings is 1. The van der Waals surface area contributed by atoms with E-state index in [1.165, 1.54) is 0 Å². The molecule has 2 aromatic rings. The SMILES string of the molecule is NNc1ncccc1C(=O)Nc1ccc2c(c1)OCO2. The first kappa shape index (κ1) is 12.2. The van der Waals surface area contributed by atoms with E-state index in [1.54, 1.807) is 36.5 Å². The van der Waals surface area contributed by atoms with Gasteiger partial charge in [-0.15, -0.1) is 0 Å². The van der Waals surface area contributed by atoms with Gasteiger partial charge in [-0.3, -0.25) is 4.79 Å². The molecule has 1 aliphatic heterocycles. The van der Waals surface area contributed by atoms with Crippen LogP contribution in [0.3, 0.4) is 0 Å². The number of nitrogens with zero attached hydrogens (tertiary/aromatic N) is 1. The number of fused-ring (bicyclic) bond motifs is 1. The van der Waals surface area contributed by atoms with Crippen LogP contribution in [-0.4, -0.2) is 17.7 Å². The van der Waals surface area contributed by atoms with E-state index in [0.29, 0.717) is 28.6 Å². The zero-order valence-corrected chi connectivity index (χ0v) is 10.4. The third kappa shape index (κ3) is 2.21. The van der Waals surface area contributed by atoms with Gasteiger partial charge in [-0.25, -0.2) is 10.8 Å². The maximum Gasteiger partial charge on any atom is 0.259 e. The molecule has 3 rings (SSSR count). The van der Waals surface area contributed by atoms with Gasteiger partial charge in [0.1, 0.15) is 0 Å². The van der Waals surface area contributed by atoms with Crippen LogP contribution in [0.4, 0.5) is 11.5 Å². The fourth-order valence-corrected chi connectivity index (χ4v) is 1.88. The topological polar surface area (TPSA) is 98.5 Å². The lowest BCUT2D eigenvalue weighted by Gasteiger charge is -2.09. The summed E-state index contributed by atoms with van der Waals surface area (Å²) in [6.07, 6.45) is 1.55. The molecule has 7 heteroatoms. The largest absolute Gasteiger partial charge is 0.454 e. The van der Waals surface area contributed by atoms with E-state index in [0.717, 1.165) is 0 Å². The molecular weight excluding hydrogens is 260 g/mol.